The quantitative estimate of drug-likeness (QED) is 0.0761. The Morgan fingerprint density at radius 2 is 0.800 bits per heavy atom. The normalized spacial score (nSPS) is 10.2. The van der Waals surface area contributed by atoms with Gasteiger partial charge in [0.2, 0.25) is 0 Å². The molecule has 13 heteroatoms. The van der Waals surface area contributed by atoms with Gasteiger partial charge in [-0.1, -0.05) is 97.1 Å². The van der Waals surface area contributed by atoms with E-state index in [1.165, 1.54) is 22.5 Å². The minimum atomic E-state index is -4.67. The average molecular weight is 635 g/mol. The van der Waals surface area contributed by atoms with Gasteiger partial charge in [0.15, 0.2) is 11.9 Å². The molecular formula is C32H42N8O4S. The molecule has 0 aliphatic rings. The van der Waals surface area contributed by atoms with Crippen molar-refractivity contribution in [3.63, 3.8) is 0 Å². The van der Waals surface area contributed by atoms with Gasteiger partial charge in [0.25, 0.3) is 0 Å². The van der Waals surface area contributed by atoms with Gasteiger partial charge in [-0.05, 0) is 35.4 Å². The molecule has 0 aliphatic carbocycles. The summed E-state index contributed by atoms with van der Waals surface area (Å²) in [6.45, 7) is 4.40. The molecule has 0 unspecified atom stereocenters. The van der Waals surface area contributed by atoms with E-state index in [1.807, 2.05) is 48.5 Å². The molecule has 0 aromatic heterocycles. The fourth-order valence-electron chi connectivity index (χ4n) is 4.08. The number of hydrogen-bond acceptors (Lipinski definition) is 6. The van der Waals surface area contributed by atoms with Crippen LogP contribution in [-0.2, 0) is 23.5 Å². The molecule has 0 fully saturated rings. The van der Waals surface area contributed by atoms with Gasteiger partial charge in [0, 0.05) is 37.6 Å². The predicted molar refractivity (Wildman–Crippen MR) is 183 cm³/mol. The summed E-state index contributed by atoms with van der Waals surface area (Å²) >= 11 is 0. The molecule has 4 aromatic carbocycles. The summed E-state index contributed by atoms with van der Waals surface area (Å²) < 4.78 is 31.6. The zero-order valence-corrected chi connectivity index (χ0v) is 25.8. The van der Waals surface area contributed by atoms with Crippen LogP contribution in [0.3, 0.4) is 0 Å². The Balaban J connectivity index is 0.000000273. The minimum absolute atomic E-state index is 0.137. The lowest BCUT2D eigenvalue weighted by molar-refractivity contribution is 0.381. The molecule has 12 nitrogen and oxygen atoms in total. The van der Waals surface area contributed by atoms with Gasteiger partial charge in [-0.2, -0.15) is 8.42 Å². The molecule has 0 atom stereocenters. The molecule has 10 N–H and O–H groups in total. The van der Waals surface area contributed by atoms with Crippen LogP contribution < -0.4 is 32.7 Å². The number of guanidine groups is 2. The Kier molecular flexibility index (Phi) is 16.0. The number of rotatable bonds is 12. The van der Waals surface area contributed by atoms with E-state index in [4.69, 9.17) is 40.5 Å². The fraction of sp³-hybridized carbons (Fsp3) is 0.188. The second-order valence-electron chi connectivity index (χ2n) is 9.55. The standard InChI is InChI=1S/2C16H20N4.H2O4S/c2*17-16(18)19-11-12-20(15-9-5-2-6-10-15)13-14-7-3-1-4-8-14;1-5(2,3)4/h2*1-10H,11-13H2,(H4,17,18,19);(H2,1,2,3,4). The molecule has 0 radical (unpaired) electrons. The number of aliphatic imine (C=N–C) groups is 2. The summed E-state index contributed by atoms with van der Waals surface area (Å²) in [6.07, 6.45) is 0. The number of para-hydroxylation sites is 2. The van der Waals surface area contributed by atoms with Crippen LogP contribution in [0.4, 0.5) is 11.4 Å². The first-order chi connectivity index (χ1) is 21.5. The molecule has 0 saturated heterocycles. The van der Waals surface area contributed by atoms with E-state index in [2.05, 4.69) is 92.6 Å². The molecule has 0 heterocycles. The third-order valence-corrected chi connectivity index (χ3v) is 6.00. The van der Waals surface area contributed by atoms with Crippen molar-refractivity contribution in [1.29, 1.82) is 0 Å². The summed E-state index contributed by atoms with van der Waals surface area (Å²) in [5.74, 6) is 0.274. The highest BCUT2D eigenvalue weighted by molar-refractivity contribution is 7.79. The van der Waals surface area contributed by atoms with Crippen LogP contribution in [0.15, 0.2) is 131 Å². The molecule has 0 bridgehead atoms. The second kappa shape index (κ2) is 20.0. The first kappa shape index (κ1) is 36.1. The Morgan fingerprint density at radius 3 is 1.07 bits per heavy atom. The van der Waals surface area contributed by atoms with Crippen LogP contribution in [0.25, 0.3) is 0 Å². The Bertz CT molecular complexity index is 1410. The van der Waals surface area contributed by atoms with Gasteiger partial charge in [-0.25, -0.2) is 0 Å². The largest absolute Gasteiger partial charge is 0.394 e. The van der Waals surface area contributed by atoms with E-state index in [0.29, 0.717) is 13.1 Å². The number of hydrogen-bond donors (Lipinski definition) is 6. The van der Waals surface area contributed by atoms with Crippen LogP contribution in [0.2, 0.25) is 0 Å². The van der Waals surface area contributed by atoms with Gasteiger partial charge in [0.1, 0.15) is 0 Å². The Hall–Kier alpha value is -5.11. The van der Waals surface area contributed by atoms with Crippen LogP contribution in [0.1, 0.15) is 11.1 Å². The van der Waals surface area contributed by atoms with Gasteiger partial charge in [-0.15, -0.1) is 0 Å². The van der Waals surface area contributed by atoms with Crippen molar-refractivity contribution in [3.8, 4) is 0 Å². The van der Waals surface area contributed by atoms with Crippen molar-refractivity contribution >= 4 is 33.7 Å². The lowest BCUT2D eigenvalue weighted by Crippen LogP contribution is -2.28. The lowest BCUT2D eigenvalue weighted by atomic mass is 10.2. The fourth-order valence-corrected chi connectivity index (χ4v) is 4.08. The van der Waals surface area contributed by atoms with Crippen LogP contribution in [0, 0.1) is 0 Å². The van der Waals surface area contributed by atoms with Crippen molar-refractivity contribution in [2.75, 3.05) is 36.0 Å². The predicted octanol–water partition coefficient (Wildman–Crippen LogP) is 3.28. The second-order valence-corrected chi connectivity index (χ2v) is 10.4. The van der Waals surface area contributed by atoms with E-state index < -0.39 is 10.4 Å². The molecule has 0 amide bonds. The van der Waals surface area contributed by atoms with E-state index in [9.17, 15) is 0 Å². The highest BCUT2D eigenvalue weighted by Gasteiger charge is 2.07. The molecule has 45 heavy (non-hydrogen) atoms. The third kappa shape index (κ3) is 17.6. The first-order valence-electron chi connectivity index (χ1n) is 14.0. The molecule has 4 rings (SSSR count). The topological polar surface area (TPSA) is 210 Å². The van der Waals surface area contributed by atoms with Crippen molar-refractivity contribution in [2.45, 2.75) is 13.1 Å². The number of anilines is 2. The van der Waals surface area contributed by atoms with Crippen molar-refractivity contribution < 1.29 is 17.5 Å². The van der Waals surface area contributed by atoms with Crippen LogP contribution in [0.5, 0.6) is 0 Å². The zero-order chi connectivity index (χ0) is 32.9. The SMILES string of the molecule is NC(N)=NCCN(Cc1ccccc1)c1ccccc1.NC(N)=NCCN(Cc1ccccc1)c1ccccc1.O=S(=O)(O)O. The molecule has 240 valence electrons. The maximum atomic E-state index is 8.74. The van der Waals surface area contributed by atoms with E-state index >= 15 is 0 Å². The van der Waals surface area contributed by atoms with E-state index in [-0.39, 0.29) is 11.9 Å². The van der Waals surface area contributed by atoms with Crippen LogP contribution >= 0.6 is 0 Å². The molecule has 0 aliphatic heterocycles. The van der Waals surface area contributed by atoms with Crippen molar-refractivity contribution in [2.24, 2.45) is 32.9 Å². The van der Waals surface area contributed by atoms with Gasteiger partial charge in [-0.3, -0.25) is 19.1 Å². The number of benzene rings is 4. The molecule has 0 spiro atoms. The summed E-state index contributed by atoms with van der Waals surface area (Å²) in [5.41, 5.74) is 26.4. The van der Waals surface area contributed by atoms with Crippen LogP contribution in [-0.4, -0.2) is 55.6 Å². The summed E-state index contributed by atoms with van der Waals surface area (Å²) in [7, 11) is -4.67. The third-order valence-electron chi connectivity index (χ3n) is 6.00. The first-order valence-corrected chi connectivity index (χ1v) is 15.4. The Labute approximate surface area is 265 Å². The Morgan fingerprint density at radius 1 is 0.533 bits per heavy atom. The summed E-state index contributed by atoms with van der Waals surface area (Å²) in [6, 6.07) is 41.3. The van der Waals surface area contributed by atoms with Gasteiger partial charge in [0.05, 0.1) is 13.1 Å². The molecular weight excluding hydrogens is 592 g/mol. The zero-order valence-electron chi connectivity index (χ0n) is 25.0. The minimum Gasteiger partial charge on any atom is -0.370 e. The van der Waals surface area contributed by atoms with Gasteiger partial charge < -0.3 is 32.7 Å². The lowest BCUT2D eigenvalue weighted by Gasteiger charge is -2.24. The highest BCUT2D eigenvalue weighted by atomic mass is 32.3. The van der Waals surface area contributed by atoms with Crippen molar-refractivity contribution in [3.05, 3.63) is 132 Å². The highest BCUT2D eigenvalue weighted by Crippen LogP contribution is 2.17. The maximum absolute atomic E-state index is 8.74. The monoisotopic (exact) mass is 634 g/mol. The average Bonchev–Trinajstić information content (AvgIpc) is 3.01. The van der Waals surface area contributed by atoms with E-state index in [0.717, 1.165) is 26.2 Å². The van der Waals surface area contributed by atoms with Crippen molar-refractivity contribution in [1.82, 2.24) is 0 Å². The maximum Gasteiger partial charge on any atom is 0.394 e. The smallest absolute Gasteiger partial charge is 0.370 e. The summed E-state index contributed by atoms with van der Waals surface area (Å²) in [5, 5.41) is 0. The number of nitrogens with two attached hydrogens (primary N) is 4. The molecule has 4 aromatic rings. The number of nitrogens with zero attached hydrogens (tertiary/aromatic N) is 4. The van der Waals surface area contributed by atoms with E-state index in [1.54, 1.807) is 0 Å². The van der Waals surface area contributed by atoms with Gasteiger partial charge >= 0.3 is 10.4 Å². The summed E-state index contributed by atoms with van der Waals surface area (Å²) in [4.78, 5) is 12.7. The molecule has 0 saturated carbocycles.